The van der Waals surface area contributed by atoms with Gasteiger partial charge in [0.25, 0.3) is 0 Å². The highest BCUT2D eigenvalue weighted by Gasteiger charge is 2.06. The number of thiocarbonyl (C=S) groups is 1. The molecule has 0 saturated heterocycles. The van der Waals surface area contributed by atoms with Gasteiger partial charge in [0.1, 0.15) is 11.5 Å². The first-order chi connectivity index (χ1) is 11.4. The Morgan fingerprint density at radius 3 is 2.29 bits per heavy atom. The summed E-state index contributed by atoms with van der Waals surface area (Å²) in [5.74, 6) is 1.89. The third-order valence-electron chi connectivity index (χ3n) is 3.37. The highest BCUT2D eigenvalue weighted by molar-refractivity contribution is 7.80. The molecule has 0 aromatic heterocycles. The van der Waals surface area contributed by atoms with E-state index in [1.54, 1.807) is 20.3 Å². The van der Waals surface area contributed by atoms with Crippen LogP contribution in [0, 0.1) is 5.92 Å². The molecular weight excluding hydrogens is 326 g/mol. The molecule has 0 unspecified atom stereocenters. The Balaban J connectivity index is 2.34. The molecule has 0 spiro atoms. The van der Waals surface area contributed by atoms with Crippen LogP contribution in [0.5, 0.6) is 11.5 Å². The van der Waals surface area contributed by atoms with E-state index >= 15 is 0 Å². The average Bonchev–Trinajstić information content (AvgIpc) is 2.57. The predicted molar refractivity (Wildman–Crippen MR) is 99.2 cm³/mol. The Morgan fingerprint density at radius 2 is 1.75 bits per heavy atom. The molecule has 1 amide bonds. The summed E-state index contributed by atoms with van der Waals surface area (Å²) in [5.41, 5.74) is 6.27. The molecule has 0 fully saturated rings. The van der Waals surface area contributed by atoms with E-state index in [1.165, 1.54) is 0 Å². The summed E-state index contributed by atoms with van der Waals surface area (Å²) >= 11 is 5.10. The van der Waals surface area contributed by atoms with Crippen LogP contribution >= 0.6 is 12.2 Å². The van der Waals surface area contributed by atoms with Gasteiger partial charge in [-0.15, -0.1) is 0 Å². The highest BCUT2D eigenvalue weighted by Crippen LogP contribution is 2.23. The number of nitrogens with one attached hydrogen (secondary N) is 3. The van der Waals surface area contributed by atoms with Gasteiger partial charge < -0.3 is 14.8 Å². The minimum absolute atomic E-state index is 0.134. The monoisotopic (exact) mass is 353 g/mol. The van der Waals surface area contributed by atoms with Gasteiger partial charge in [-0.05, 0) is 48.7 Å². The third-order valence-corrected chi connectivity index (χ3v) is 3.62. The van der Waals surface area contributed by atoms with Crippen molar-refractivity contribution in [3.63, 3.8) is 0 Å². The number of hydrogen-bond acceptors (Lipinski definition) is 4. The Bertz CT molecular complexity index is 528. The van der Waals surface area contributed by atoms with Gasteiger partial charge in [-0.2, -0.15) is 0 Å². The Labute approximate surface area is 149 Å². The van der Waals surface area contributed by atoms with E-state index in [9.17, 15) is 4.79 Å². The van der Waals surface area contributed by atoms with Crippen molar-refractivity contribution in [1.82, 2.24) is 16.2 Å². The lowest BCUT2D eigenvalue weighted by Gasteiger charge is -2.12. The maximum absolute atomic E-state index is 11.9. The van der Waals surface area contributed by atoms with Crippen molar-refractivity contribution < 1.29 is 14.3 Å². The fourth-order valence-electron chi connectivity index (χ4n) is 1.98. The first-order valence-corrected chi connectivity index (χ1v) is 8.40. The van der Waals surface area contributed by atoms with Gasteiger partial charge in [0, 0.05) is 19.0 Å². The fourth-order valence-corrected chi connectivity index (χ4v) is 2.13. The Morgan fingerprint density at radius 1 is 1.12 bits per heavy atom. The molecule has 0 radical (unpaired) electrons. The van der Waals surface area contributed by atoms with Crippen molar-refractivity contribution in [2.75, 3.05) is 20.8 Å². The molecule has 0 aliphatic carbocycles. The molecule has 0 saturated carbocycles. The molecule has 0 bridgehead atoms. The van der Waals surface area contributed by atoms with Crippen molar-refractivity contribution in [1.29, 1.82) is 0 Å². The SMILES string of the molecule is COc1cc(CCC(=O)NNC(=S)NCCC(C)C)cc(OC)c1. The molecule has 0 atom stereocenters. The first kappa shape index (κ1) is 20.0. The van der Waals surface area contributed by atoms with Crippen molar-refractivity contribution in [3.8, 4) is 11.5 Å². The lowest BCUT2D eigenvalue weighted by molar-refractivity contribution is -0.121. The summed E-state index contributed by atoms with van der Waals surface area (Å²) < 4.78 is 10.4. The summed E-state index contributed by atoms with van der Waals surface area (Å²) in [7, 11) is 3.20. The molecule has 134 valence electrons. The fraction of sp³-hybridized carbons (Fsp3) is 0.529. The quantitative estimate of drug-likeness (QED) is 0.491. The zero-order valence-electron chi connectivity index (χ0n) is 14.8. The van der Waals surface area contributed by atoms with Gasteiger partial charge in [0.15, 0.2) is 5.11 Å². The molecular formula is C17H27N3O3S. The van der Waals surface area contributed by atoms with E-state index in [1.807, 2.05) is 12.1 Å². The zero-order valence-corrected chi connectivity index (χ0v) is 15.6. The van der Waals surface area contributed by atoms with Crippen LogP contribution in [0.15, 0.2) is 18.2 Å². The summed E-state index contributed by atoms with van der Waals surface area (Å²) in [5, 5.41) is 3.47. The van der Waals surface area contributed by atoms with Gasteiger partial charge in [0.2, 0.25) is 5.91 Å². The molecule has 0 aliphatic heterocycles. The molecule has 1 aromatic carbocycles. The molecule has 1 aromatic rings. The lowest BCUT2D eigenvalue weighted by Crippen LogP contribution is -2.47. The minimum atomic E-state index is -0.134. The molecule has 6 nitrogen and oxygen atoms in total. The second-order valence-electron chi connectivity index (χ2n) is 5.83. The molecule has 7 heteroatoms. The summed E-state index contributed by atoms with van der Waals surface area (Å²) in [6, 6.07) is 5.58. The van der Waals surface area contributed by atoms with Crippen LogP contribution in [0.2, 0.25) is 0 Å². The number of ether oxygens (including phenoxy) is 2. The van der Waals surface area contributed by atoms with E-state index in [2.05, 4.69) is 30.0 Å². The predicted octanol–water partition coefficient (Wildman–Crippen LogP) is 2.18. The van der Waals surface area contributed by atoms with Crippen LogP contribution in [-0.2, 0) is 11.2 Å². The van der Waals surface area contributed by atoms with Crippen LogP contribution < -0.4 is 25.6 Å². The van der Waals surface area contributed by atoms with E-state index in [4.69, 9.17) is 21.7 Å². The number of carbonyl (C=O) groups excluding carboxylic acids is 1. The summed E-state index contributed by atoms with van der Waals surface area (Å²) in [6.07, 6.45) is 1.93. The van der Waals surface area contributed by atoms with Crippen LogP contribution in [0.25, 0.3) is 0 Å². The Hall–Kier alpha value is -2.02. The van der Waals surface area contributed by atoms with Crippen LogP contribution in [-0.4, -0.2) is 31.8 Å². The van der Waals surface area contributed by atoms with Gasteiger partial charge in [-0.25, -0.2) is 0 Å². The van der Waals surface area contributed by atoms with Gasteiger partial charge in [-0.1, -0.05) is 13.8 Å². The van der Waals surface area contributed by atoms with Crippen molar-refractivity contribution in [3.05, 3.63) is 23.8 Å². The number of hydrogen-bond donors (Lipinski definition) is 3. The standard InChI is InChI=1S/C17H27N3O3S/c1-12(2)7-8-18-17(24)20-19-16(21)6-5-13-9-14(22-3)11-15(10-13)23-4/h9-12H,5-8H2,1-4H3,(H,19,21)(H2,18,20,24). The number of hydrazine groups is 1. The summed E-state index contributed by atoms with van der Waals surface area (Å²) in [4.78, 5) is 11.9. The molecule has 0 aliphatic rings. The number of benzene rings is 1. The van der Waals surface area contributed by atoms with Gasteiger partial charge in [0.05, 0.1) is 14.2 Å². The number of rotatable bonds is 8. The summed E-state index contributed by atoms with van der Waals surface area (Å²) in [6.45, 7) is 5.07. The number of methoxy groups -OCH3 is 2. The molecule has 0 heterocycles. The number of carbonyl (C=O) groups is 1. The first-order valence-electron chi connectivity index (χ1n) is 7.99. The maximum Gasteiger partial charge on any atom is 0.238 e. The third kappa shape index (κ3) is 8.01. The van der Waals surface area contributed by atoms with E-state index in [0.717, 1.165) is 18.5 Å². The minimum Gasteiger partial charge on any atom is -0.497 e. The van der Waals surface area contributed by atoms with Crippen molar-refractivity contribution >= 4 is 23.2 Å². The number of amides is 1. The zero-order chi connectivity index (χ0) is 17.9. The van der Waals surface area contributed by atoms with Gasteiger partial charge in [-0.3, -0.25) is 15.6 Å². The van der Waals surface area contributed by atoms with Crippen LogP contribution in [0.3, 0.4) is 0 Å². The maximum atomic E-state index is 11.9. The average molecular weight is 353 g/mol. The van der Waals surface area contributed by atoms with Crippen molar-refractivity contribution in [2.45, 2.75) is 33.1 Å². The van der Waals surface area contributed by atoms with Gasteiger partial charge >= 0.3 is 0 Å². The van der Waals surface area contributed by atoms with Crippen LogP contribution in [0.1, 0.15) is 32.3 Å². The lowest BCUT2D eigenvalue weighted by atomic mass is 10.1. The molecule has 1 rings (SSSR count). The largest absolute Gasteiger partial charge is 0.497 e. The van der Waals surface area contributed by atoms with E-state index in [-0.39, 0.29) is 5.91 Å². The van der Waals surface area contributed by atoms with Crippen molar-refractivity contribution in [2.24, 2.45) is 5.92 Å². The van der Waals surface area contributed by atoms with E-state index < -0.39 is 0 Å². The number of aryl methyl sites for hydroxylation is 1. The second kappa shape index (κ2) is 10.7. The normalized spacial score (nSPS) is 10.2. The topological polar surface area (TPSA) is 71.6 Å². The van der Waals surface area contributed by atoms with E-state index in [0.29, 0.717) is 35.4 Å². The molecule has 24 heavy (non-hydrogen) atoms. The smallest absolute Gasteiger partial charge is 0.238 e. The Kier molecular flexibility index (Phi) is 8.93. The highest BCUT2D eigenvalue weighted by atomic mass is 32.1. The second-order valence-corrected chi connectivity index (χ2v) is 6.24. The van der Waals surface area contributed by atoms with Crippen LogP contribution in [0.4, 0.5) is 0 Å². The molecule has 3 N–H and O–H groups in total.